The number of carbonyl (C=O) groups is 1. The molecule has 0 fully saturated rings. The number of aromatic nitrogens is 1. The first-order valence-corrected chi connectivity index (χ1v) is 9.97. The third-order valence-electron chi connectivity index (χ3n) is 4.06. The molecule has 0 aliphatic heterocycles. The van der Waals surface area contributed by atoms with Gasteiger partial charge in [-0.1, -0.05) is 37.6 Å². The fourth-order valence-corrected chi connectivity index (χ4v) is 4.03. The van der Waals surface area contributed by atoms with Crippen LogP contribution in [0.4, 0.5) is 0 Å². The number of amides is 1. The maximum atomic E-state index is 12.7. The molecule has 1 aromatic heterocycles. The molecule has 2 aromatic rings. The predicted octanol–water partition coefficient (Wildman–Crippen LogP) is 2.34. The highest BCUT2D eigenvalue weighted by Crippen LogP contribution is 2.19. The summed E-state index contributed by atoms with van der Waals surface area (Å²) in [4.78, 5) is 15.8. The molecule has 6 N–H and O–H groups in total. The molecule has 1 atom stereocenters. The largest absolute Gasteiger partial charge is 0.361 e. The summed E-state index contributed by atoms with van der Waals surface area (Å²) in [5, 5.41) is 0.986. The summed E-state index contributed by atoms with van der Waals surface area (Å²) in [6, 6.07) is 6.79. The molecule has 8 heteroatoms. The number of para-hydroxylation sites is 1. The van der Waals surface area contributed by atoms with Crippen molar-refractivity contribution in [3.63, 3.8) is 0 Å². The molecule has 1 aromatic carbocycles. The average Bonchev–Trinajstić information content (AvgIpc) is 2.98. The number of benzene rings is 1. The molecule has 0 aliphatic carbocycles. The Morgan fingerprint density at radius 3 is 2.73 bits per heavy atom. The van der Waals surface area contributed by atoms with Crippen LogP contribution in [0.1, 0.15) is 25.3 Å². The molecule has 7 nitrogen and oxygen atoms in total. The van der Waals surface area contributed by atoms with Crippen molar-refractivity contribution >= 4 is 26.8 Å². The molecule has 0 spiro atoms. The zero-order valence-electron chi connectivity index (χ0n) is 15.1. The number of unbranched alkanes of at least 4 members (excludes halogenated alkanes) is 1. The van der Waals surface area contributed by atoms with Gasteiger partial charge >= 0.3 is 0 Å². The van der Waals surface area contributed by atoms with E-state index in [9.17, 15) is 13.2 Å². The van der Waals surface area contributed by atoms with Crippen molar-refractivity contribution < 1.29 is 13.2 Å². The van der Waals surface area contributed by atoms with E-state index < -0.39 is 22.0 Å². The molecule has 0 saturated heterocycles. The van der Waals surface area contributed by atoms with Crippen LogP contribution in [0.15, 0.2) is 43.1 Å². The number of nitrogens with two attached hydrogens (primary N) is 1. The van der Waals surface area contributed by atoms with E-state index in [0.717, 1.165) is 27.2 Å². The van der Waals surface area contributed by atoms with Crippen LogP contribution in [0.3, 0.4) is 0 Å². The van der Waals surface area contributed by atoms with Crippen LogP contribution in [0, 0.1) is 0 Å². The van der Waals surface area contributed by atoms with Crippen LogP contribution in [0.5, 0.6) is 0 Å². The number of hydrogen-bond acceptors (Lipinski definition) is 5. The molecule has 144 valence electrons. The summed E-state index contributed by atoms with van der Waals surface area (Å²) in [5.74, 6) is -0.844. The fourth-order valence-electron chi connectivity index (χ4n) is 2.74. The van der Waals surface area contributed by atoms with Crippen molar-refractivity contribution in [1.29, 1.82) is 0 Å². The number of fused-ring (bicyclic) bond motifs is 1. The lowest BCUT2D eigenvalue weighted by Gasteiger charge is -2.24. The zero-order valence-corrected chi connectivity index (χ0v) is 16.0. The summed E-state index contributed by atoms with van der Waals surface area (Å²) >= 11 is 0. The van der Waals surface area contributed by atoms with E-state index in [1.54, 1.807) is 0 Å². The minimum atomic E-state index is -3.73. The van der Waals surface area contributed by atoms with Gasteiger partial charge in [-0.2, -0.15) is 0 Å². The number of H-pyrrole nitrogens is 1. The third kappa shape index (κ3) is 4.94. The van der Waals surface area contributed by atoms with Gasteiger partial charge in [0.15, 0.2) is 0 Å². The second-order valence-corrected chi connectivity index (χ2v) is 7.94. The van der Waals surface area contributed by atoms with Gasteiger partial charge in [-0.25, -0.2) is 12.7 Å². The van der Waals surface area contributed by atoms with E-state index in [1.165, 1.54) is 6.08 Å². The average molecular weight is 381 g/mol. The SMILES string of the molecule is C=CCS(=O)(=O)N(CCCC)C(=O)C(N)Cc1c[nH]c2ccccc12.N. The monoisotopic (exact) mass is 380 g/mol. The molecular formula is C18H28N4O3S. The topological polar surface area (TPSA) is 131 Å². The highest BCUT2D eigenvalue weighted by atomic mass is 32.2. The number of nitrogens with zero attached hydrogens (tertiary/aromatic N) is 1. The number of nitrogens with one attached hydrogen (secondary N) is 1. The number of rotatable bonds is 9. The van der Waals surface area contributed by atoms with Crippen LogP contribution in [-0.2, 0) is 21.2 Å². The van der Waals surface area contributed by atoms with Gasteiger partial charge in [-0.15, -0.1) is 6.58 Å². The zero-order chi connectivity index (χ0) is 18.4. The van der Waals surface area contributed by atoms with Gasteiger partial charge in [0.2, 0.25) is 10.0 Å². The molecule has 0 saturated carbocycles. The molecule has 0 bridgehead atoms. The maximum Gasteiger partial charge on any atom is 0.253 e. The summed E-state index contributed by atoms with van der Waals surface area (Å²) in [6.07, 6.45) is 4.75. The lowest BCUT2D eigenvalue weighted by molar-refractivity contribution is -0.127. The summed E-state index contributed by atoms with van der Waals surface area (Å²) in [7, 11) is -3.73. The van der Waals surface area contributed by atoms with Gasteiger partial charge in [0.05, 0.1) is 11.8 Å². The number of hydrogen-bond donors (Lipinski definition) is 3. The van der Waals surface area contributed by atoms with Gasteiger partial charge in [-0.3, -0.25) is 4.79 Å². The quantitative estimate of drug-likeness (QED) is 0.575. The van der Waals surface area contributed by atoms with E-state index in [-0.39, 0.29) is 24.9 Å². The van der Waals surface area contributed by atoms with Gasteiger partial charge < -0.3 is 16.9 Å². The Kier molecular flexibility index (Phi) is 8.01. The van der Waals surface area contributed by atoms with Crippen LogP contribution >= 0.6 is 0 Å². The Balaban J connectivity index is 0.00000338. The fraction of sp³-hybridized carbons (Fsp3) is 0.389. The summed E-state index contributed by atoms with van der Waals surface area (Å²) in [6.45, 7) is 5.54. The smallest absolute Gasteiger partial charge is 0.253 e. The predicted molar refractivity (Wildman–Crippen MR) is 106 cm³/mol. The molecule has 1 amide bonds. The molecule has 1 unspecified atom stereocenters. The normalized spacial score (nSPS) is 12.4. The highest BCUT2D eigenvalue weighted by molar-refractivity contribution is 7.89. The van der Waals surface area contributed by atoms with E-state index in [1.807, 2.05) is 37.4 Å². The first kappa shape index (κ1) is 21.9. The minimum absolute atomic E-state index is 0. The Morgan fingerprint density at radius 2 is 2.08 bits per heavy atom. The Hall–Kier alpha value is -2.16. The Bertz CT molecular complexity index is 845. The van der Waals surface area contributed by atoms with Crippen LogP contribution < -0.4 is 11.9 Å². The maximum absolute atomic E-state index is 12.7. The van der Waals surface area contributed by atoms with E-state index in [2.05, 4.69) is 11.6 Å². The van der Waals surface area contributed by atoms with Gasteiger partial charge in [0.1, 0.15) is 0 Å². The molecule has 0 radical (unpaired) electrons. The number of aromatic amines is 1. The first-order chi connectivity index (χ1) is 11.9. The van der Waals surface area contributed by atoms with E-state index >= 15 is 0 Å². The number of sulfonamides is 1. The first-order valence-electron chi connectivity index (χ1n) is 8.36. The summed E-state index contributed by atoms with van der Waals surface area (Å²) in [5.41, 5.74) is 7.92. The Morgan fingerprint density at radius 1 is 1.38 bits per heavy atom. The lowest BCUT2D eigenvalue weighted by atomic mass is 10.1. The lowest BCUT2D eigenvalue weighted by Crippen LogP contribution is -2.48. The van der Waals surface area contributed by atoms with Gasteiger partial charge in [0.25, 0.3) is 5.91 Å². The molecule has 0 aliphatic rings. The standard InChI is InChI=1S/C18H25N3O3S.H3N/c1-3-5-10-21(25(23,24)11-4-2)18(22)16(19)12-14-13-20-17-9-7-6-8-15(14)17;/h4,6-9,13,16,20H,2-3,5,10-12,19H2,1H3;1H3. The van der Waals surface area contributed by atoms with Crippen molar-refractivity contribution in [3.8, 4) is 0 Å². The third-order valence-corrected chi connectivity index (χ3v) is 5.75. The molecule has 2 rings (SSSR count). The van der Waals surface area contributed by atoms with Crippen molar-refractivity contribution in [3.05, 3.63) is 48.7 Å². The van der Waals surface area contributed by atoms with Crippen LogP contribution in [-0.4, -0.2) is 42.0 Å². The van der Waals surface area contributed by atoms with Crippen molar-refractivity contribution in [2.24, 2.45) is 5.73 Å². The van der Waals surface area contributed by atoms with E-state index in [4.69, 9.17) is 5.73 Å². The second-order valence-electron chi connectivity index (χ2n) is 6.00. The van der Waals surface area contributed by atoms with Crippen LogP contribution in [0.2, 0.25) is 0 Å². The molecule has 26 heavy (non-hydrogen) atoms. The van der Waals surface area contributed by atoms with E-state index in [0.29, 0.717) is 6.42 Å². The molecule has 1 heterocycles. The van der Waals surface area contributed by atoms with Crippen LogP contribution in [0.25, 0.3) is 10.9 Å². The van der Waals surface area contributed by atoms with Gasteiger partial charge in [-0.05, 0) is 24.5 Å². The second kappa shape index (κ2) is 9.51. The van der Waals surface area contributed by atoms with Crippen molar-refractivity contribution in [1.82, 2.24) is 15.4 Å². The van der Waals surface area contributed by atoms with Gasteiger partial charge in [0, 0.05) is 23.6 Å². The van der Waals surface area contributed by atoms with Crippen molar-refractivity contribution in [2.45, 2.75) is 32.2 Å². The minimum Gasteiger partial charge on any atom is -0.361 e. The van der Waals surface area contributed by atoms with Crippen molar-refractivity contribution in [2.75, 3.05) is 12.3 Å². The Labute approximate surface area is 154 Å². The molecular weight excluding hydrogens is 352 g/mol. The number of carbonyl (C=O) groups excluding carboxylic acids is 1. The highest BCUT2D eigenvalue weighted by Gasteiger charge is 2.30. The summed E-state index contributed by atoms with van der Waals surface area (Å²) < 4.78 is 25.7.